The summed E-state index contributed by atoms with van der Waals surface area (Å²) in [6.45, 7) is 2.32. The summed E-state index contributed by atoms with van der Waals surface area (Å²) >= 11 is 0. The van der Waals surface area contributed by atoms with Gasteiger partial charge in [-0.15, -0.1) is 12.4 Å². The minimum atomic E-state index is -0.504. The fourth-order valence-electron chi connectivity index (χ4n) is 1.15. The lowest BCUT2D eigenvalue weighted by atomic mass is 10.2. The highest BCUT2D eigenvalue weighted by Crippen LogP contribution is 2.05. The topological polar surface area (TPSA) is 55.1 Å². The lowest BCUT2D eigenvalue weighted by molar-refractivity contribution is 0.0949. The Morgan fingerprint density at radius 3 is 2.69 bits per heavy atom. The molecule has 0 heterocycles. The van der Waals surface area contributed by atoms with Crippen molar-refractivity contribution < 1.29 is 9.18 Å². The molecule has 5 heteroatoms. The van der Waals surface area contributed by atoms with Crippen molar-refractivity contribution in [2.75, 3.05) is 6.54 Å². The van der Waals surface area contributed by atoms with Gasteiger partial charge in [-0.25, -0.2) is 4.39 Å². The average Bonchev–Trinajstić information content (AvgIpc) is 2.17. The Kier molecular flexibility index (Phi) is 6.69. The predicted molar refractivity (Wildman–Crippen MR) is 64.2 cm³/mol. The third-order valence-electron chi connectivity index (χ3n) is 2.00. The van der Waals surface area contributed by atoms with Crippen molar-refractivity contribution in [3.8, 4) is 0 Å². The Bertz CT molecular complexity index is 345. The number of amides is 1. The van der Waals surface area contributed by atoms with Crippen molar-refractivity contribution in [2.24, 2.45) is 5.73 Å². The molecule has 1 unspecified atom stereocenters. The van der Waals surface area contributed by atoms with Gasteiger partial charge >= 0.3 is 0 Å². The van der Waals surface area contributed by atoms with E-state index in [9.17, 15) is 9.18 Å². The molecular weight excluding hydrogens is 231 g/mol. The maximum Gasteiger partial charge on any atom is 0.254 e. The largest absolute Gasteiger partial charge is 0.352 e. The highest BCUT2D eigenvalue weighted by Gasteiger charge is 2.09. The summed E-state index contributed by atoms with van der Waals surface area (Å²) in [4.78, 5) is 11.5. The van der Waals surface area contributed by atoms with Crippen LogP contribution in [0.2, 0.25) is 0 Å². The van der Waals surface area contributed by atoms with Gasteiger partial charge in [0.05, 0.1) is 5.56 Å². The van der Waals surface area contributed by atoms with Crippen LogP contribution in [0.3, 0.4) is 0 Å². The fourth-order valence-corrected chi connectivity index (χ4v) is 1.15. The van der Waals surface area contributed by atoms with Crippen molar-refractivity contribution >= 4 is 18.3 Å². The normalized spacial score (nSPS) is 11.4. The van der Waals surface area contributed by atoms with E-state index in [0.717, 1.165) is 0 Å². The van der Waals surface area contributed by atoms with E-state index in [1.807, 2.05) is 6.92 Å². The Morgan fingerprint density at radius 1 is 1.50 bits per heavy atom. The third kappa shape index (κ3) is 4.59. The molecule has 0 aliphatic heterocycles. The first kappa shape index (κ1) is 14.9. The number of nitrogens with one attached hydrogen (secondary N) is 1. The first-order chi connectivity index (χ1) is 7.11. The maximum atomic E-state index is 13.1. The molecule has 0 radical (unpaired) electrons. The monoisotopic (exact) mass is 246 g/mol. The van der Waals surface area contributed by atoms with Crippen molar-refractivity contribution in [3.63, 3.8) is 0 Å². The number of nitrogens with two attached hydrogens (primary N) is 1. The van der Waals surface area contributed by atoms with E-state index in [4.69, 9.17) is 5.73 Å². The number of carbonyl (C=O) groups is 1. The molecule has 0 spiro atoms. The Morgan fingerprint density at radius 2 is 2.12 bits per heavy atom. The Balaban J connectivity index is 0.00000225. The van der Waals surface area contributed by atoms with Gasteiger partial charge in [0.25, 0.3) is 5.91 Å². The molecule has 0 aliphatic rings. The summed E-state index contributed by atoms with van der Waals surface area (Å²) in [5.41, 5.74) is 5.59. The second-order valence-electron chi connectivity index (χ2n) is 3.50. The molecule has 1 aromatic carbocycles. The van der Waals surface area contributed by atoms with Crippen molar-refractivity contribution in [2.45, 2.75) is 19.4 Å². The third-order valence-corrected chi connectivity index (χ3v) is 2.00. The van der Waals surface area contributed by atoms with Gasteiger partial charge in [0.1, 0.15) is 5.82 Å². The molecule has 0 aromatic heterocycles. The summed E-state index contributed by atoms with van der Waals surface area (Å²) < 4.78 is 13.1. The smallest absolute Gasteiger partial charge is 0.254 e. The van der Waals surface area contributed by atoms with E-state index in [1.165, 1.54) is 12.1 Å². The maximum absolute atomic E-state index is 13.1. The molecule has 1 aromatic rings. The first-order valence-electron chi connectivity index (χ1n) is 4.89. The summed E-state index contributed by atoms with van der Waals surface area (Å²) in [6.07, 6.45) is 0.681. The second kappa shape index (κ2) is 7.19. The van der Waals surface area contributed by atoms with Gasteiger partial charge in [0.15, 0.2) is 0 Å². The number of halogens is 2. The molecule has 3 N–H and O–H groups in total. The summed E-state index contributed by atoms with van der Waals surface area (Å²) in [7, 11) is 0. The number of hydrogen-bond acceptors (Lipinski definition) is 2. The number of benzene rings is 1. The van der Waals surface area contributed by atoms with Gasteiger partial charge in [-0.2, -0.15) is 0 Å². The van der Waals surface area contributed by atoms with E-state index in [2.05, 4.69) is 5.32 Å². The van der Waals surface area contributed by atoms with Gasteiger partial charge in [0, 0.05) is 12.6 Å². The van der Waals surface area contributed by atoms with E-state index in [0.29, 0.717) is 13.0 Å². The number of rotatable bonds is 4. The molecule has 0 bridgehead atoms. The van der Waals surface area contributed by atoms with Crippen LogP contribution < -0.4 is 11.1 Å². The van der Waals surface area contributed by atoms with Crippen LogP contribution in [0.5, 0.6) is 0 Å². The van der Waals surface area contributed by atoms with Gasteiger partial charge < -0.3 is 11.1 Å². The quantitative estimate of drug-likeness (QED) is 0.850. The SMILES string of the molecule is CC(N)CCNC(=O)c1ccccc1F.Cl. The van der Waals surface area contributed by atoms with Gasteiger partial charge in [-0.1, -0.05) is 12.1 Å². The predicted octanol–water partition coefficient (Wildman–Crippen LogP) is 1.71. The van der Waals surface area contributed by atoms with Crippen molar-refractivity contribution in [1.29, 1.82) is 0 Å². The van der Waals surface area contributed by atoms with Crippen LogP contribution in [-0.4, -0.2) is 18.5 Å². The molecule has 3 nitrogen and oxygen atoms in total. The Labute approximate surface area is 101 Å². The van der Waals surface area contributed by atoms with E-state index < -0.39 is 11.7 Å². The molecule has 0 fully saturated rings. The van der Waals surface area contributed by atoms with Crippen LogP contribution in [0, 0.1) is 5.82 Å². The van der Waals surface area contributed by atoms with Crippen LogP contribution >= 0.6 is 12.4 Å². The standard InChI is InChI=1S/C11H15FN2O.ClH/c1-8(13)6-7-14-11(15)9-4-2-3-5-10(9)12;/h2-5,8H,6-7,13H2,1H3,(H,14,15);1H. The lowest BCUT2D eigenvalue weighted by Crippen LogP contribution is -2.29. The second-order valence-corrected chi connectivity index (χ2v) is 3.50. The molecule has 16 heavy (non-hydrogen) atoms. The summed E-state index contributed by atoms with van der Waals surface area (Å²) in [5.74, 6) is -0.899. The van der Waals surface area contributed by atoms with Crippen LogP contribution in [0.4, 0.5) is 4.39 Å². The zero-order valence-electron chi connectivity index (χ0n) is 9.07. The van der Waals surface area contributed by atoms with Gasteiger partial charge in [-0.05, 0) is 25.5 Å². The van der Waals surface area contributed by atoms with E-state index >= 15 is 0 Å². The summed E-state index contributed by atoms with van der Waals surface area (Å²) in [5, 5.41) is 2.61. The van der Waals surface area contributed by atoms with E-state index in [1.54, 1.807) is 12.1 Å². The molecule has 1 amide bonds. The highest BCUT2D eigenvalue weighted by molar-refractivity contribution is 5.94. The molecule has 1 atom stereocenters. The molecule has 1 rings (SSSR count). The number of carbonyl (C=O) groups excluding carboxylic acids is 1. The van der Waals surface area contributed by atoms with Gasteiger partial charge in [0.2, 0.25) is 0 Å². The zero-order valence-corrected chi connectivity index (χ0v) is 9.89. The van der Waals surface area contributed by atoms with Crippen LogP contribution in [0.1, 0.15) is 23.7 Å². The van der Waals surface area contributed by atoms with Crippen molar-refractivity contribution in [3.05, 3.63) is 35.6 Å². The first-order valence-corrected chi connectivity index (χ1v) is 4.89. The van der Waals surface area contributed by atoms with Crippen LogP contribution in [-0.2, 0) is 0 Å². The van der Waals surface area contributed by atoms with E-state index in [-0.39, 0.29) is 24.0 Å². The average molecular weight is 247 g/mol. The summed E-state index contributed by atoms with van der Waals surface area (Å²) in [6, 6.07) is 5.93. The number of hydrogen-bond donors (Lipinski definition) is 2. The minimum Gasteiger partial charge on any atom is -0.352 e. The highest BCUT2D eigenvalue weighted by atomic mass is 35.5. The fraction of sp³-hybridized carbons (Fsp3) is 0.364. The van der Waals surface area contributed by atoms with Crippen molar-refractivity contribution in [1.82, 2.24) is 5.32 Å². The zero-order chi connectivity index (χ0) is 11.3. The minimum absolute atomic E-state index is 0. The van der Waals surface area contributed by atoms with Crippen LogP contribution in [0.15, 0.2) is 24.3 Å². The molecule has 90 valence electrons. The Hall–Kier alpha value is -1.13. The molecule has 0 saturated carbocycles. The van der Waals surface area contributed by atoms with Crippen LogP contribution in [0.25, 0.3) is 0 Å². The molecule has 0 aliphatic carbocycles. The lowest BCUT2D eigenvalue weighted by Gasteiger charge is -2.07. The molecule has 0 saturated heterocycles. The van der Waals surface area contributed by atoms with Gasteiger partial charge in [-0.3, -0.25) is 4.79 Å². The molecular formula is C11H16ClFN2O.